The maximum Gasteiger partial charge on any atom is 0.259 e. The highest BCUT2D eigenvalue weighted by Gasteiger charge is 2.13. The number of rotatable bonds is 2. The summed E-state index contributed by atoms with van der Waals surface area (Å²) in [6.07, 6.45) is 6.41. The Morgan fingerprint density at radius 1 is 1.35 bits per heavy atom. The van der Waals surface area contributed by atoms with Crippen LogP contribution in [0.4, 0.5) is 11.4 Å². The monoisotopic (exact) mass is 331 g/mol. The minimum absolute atomic E-state index is 0.246. The van der Waals surface area contributed by atoms with Gasteiger partial charge < -0.3 is 11.1 Å². The molecule has 0 aliphatic carbocycles. The van der Waals surface area contributed by atoms with Crippen molar-refractivity contribution in [3.8, 4) is 0 Å². The summed E-state index contributed by atoms with van der Waals surface area (Å²) in [6.45, 7) is 0. The van der Waals surface area contributed by atoms with Crippen molar-refractivity contribution in [1.82, 2.24) is 14.6 Å². The highest BCUT2D eigenvalue weighted by Crippen LogP contribution is 2.23. The van der Waals surface area contributed by atoms with Crippen LogP contribution >= 0.6 is 15.9 Å². The highest BCUT2D eigenvalue weighted by atomic mass is 79.9. The molecule has 0 fully saturated rings. The molecular weight excluding hydrogens is 322 g/mol. The van der Waals surface area contributed by atoms with Crippen LogP contribution in [-0.4, -0.2) is 20.5 Å². The number of carbonyl (C=O) groups is 1. The maximum absolute atomic E-state index is 12.2. The van der Waals surface area contributed by atoms with E-state index in [1.165, 1.54) is 6.20 Å². The molecule has 0 atom stereocenters. The highest BCUT2D eigenvalue weighted by molar-refractivity contribution is 9.10. The van der Waals surface area contributed by atoms with Crippen molar-refractivity contribution in [2.75, 3.05) is 11.1 Å². The van der Waals surface area contributed by atoms with E-state index in [1.54, 1.807) is 41.3 Å². The molecular formula is C13H10BrN5O. The topological polar surface area (TPSA) is 85.3 Å². The normalized spacial score (nSPS) is 10.7. The fourth-order valence-electron chi connectivity index (χ4n) is 1.81. The van der Waals surface area contributed by atoms with Gasteiger partial charge in [0.25, 0.3) is 5.91 Å². The summed E-state index contributed by atoms with van der Waals surface area (Å²) < 4.78 is 2.33. The van der Waals surface area contributed by atoms with Gasteiger partial charge in [-0.2, -0.15) is 5.10 Å². The molecule has 0 saturated heterocycles. The second-order valence-electron chi connectivity index (χ2n) is 4.15. The molecule has 6 nitrogen and oxygen atoms in total. The van der Waals surface area contributed by atoms with Gasteiger partial charge in [0, 0.05) is 28.2 Å². The number of nitrogens with one attached hydrogen (secondary N) is 1. The van der Waals surface area contributed by atoms with E-state index < -0.39 is 0 Å². The van der Waals surface area contributed by atoms with Gasteiger partial charge in [-0.15, -0.1) is 0 Å². The zero-order valence-electron chi connectivity index (χ0n) is 10.2. The summed E-state index contributed by atoms with van der Waals surface area (Å²) in [5.74, 6) is -0.246. The van der Waals surface area contributed by atoms with Gasteiger partial charge in [0.2, 0.25) is 0 Å². The second kappa shape index (κ2) is 4.93. The van der Waals surface area contributed by atoms with E-state index in [-0.39, 0.29) is 5.91 Å². The first-order valence-electron chi connectivity index (χ1n) is 5.79. The molecule has 0 aliphatic rings. The molecule has 3 rings (SSSR count). The first-order valence-corrected chi connectivity index (χ1v) is 6.58. The largest absolute Gasteiger partial charge is 0.398 e. The Balaban J connectivity index is 1.91. The smallest absolute Gasteiger partial charge is 0.259 e. The number of amides is 1. The number of nitrogen functional groups attached to an aromatic ring is 1. The van der Waals surface area contributed by atoms with Gasteiger partial charge in [0.05, 0.1) is 23.5 Å². The zero-order valence-corrected chi connectivity index (χ0v) is 11.8. The van der Waals surface area contributed by atoms with E-state index in [1.807, 2.05) is 0 Å². The number of benzene rings is 1. The Morgan fingerprint density at radius 3 is 3.00 bits per heavy atom. The third-order valence-corrected chi connectivity index (χ3v) is 3.51. The molecule has 7 heteroatoms. The number of carbonyl (C=O) groups excluding carboxylic acids is 1. The van der Waals surface area contributed by atoms with Crippen LogP contribution in [0.1, 0.15) is 10.4 Å². The molecule has 0 spiro atoms. The van der Waals surface area contributed by atoms with Crippen molar-refractivity contribution < 1.29 is 4.79 Å². The molecule has 0 saturated carbocycles. The van der Waals surface area contributed by atoms with Crippen LogP contribution < -0.4 is 11.1 Å². The van der Waals surface area contributed by atoms with Crippen molar-refractivity contribution in [2.24, 2.45) is 0 Å². The van der Waals surface area contributed by atoms with Crippen LogP contribution in [0.2, 0.25) is 0 Å². The Hall–Kier alpha value is -2.41. The summed E-state index contributed by atoms with van der Waals surface area (Å²) in [4.78, 5) is 16.2. The van der Waals surface area contributed by atoms with Gasteiger partial charge in [-0.25, -0.2) is 4.52 Å². The number of nitrogens with two attached hydrogens (primary N) is 1. The van der Waals surface area contributed by atoms with Crippen molar-refractivity contribution in [2.45, 2.75) is 0 Å². The predicted octanol–water partition coefficient (Wildman–Crippen LogP) is 2.33. The summed E-state index contributed by atoms with van der Waals surface area (Å²) in [5, 5.41) is 6.90. The Bertz CT molecular complexity index is 798. The molecule has 0 radical (unpaired) electrons. The molecule has 1 amide bonds. The number of hydrogen-bond acceptors (Lipinski definition) is 4. The van der Waals surface area contributed by atoms with Gasteiger partial charge in [-0.1, -0.05) is 0 Å². The van der Waals surface area contributed by atoms with Crippen LogP contribution in [0.5, 0.6) is 0 Å². The number of fused-ring (bicyclic) bond motifs is 1. The fourth-order valence-corrected chi connectivity index (χ4v) is 2.19. The van der Waals surface area contributed by atoms with Crippen LogP contribution in [0.25, 0.3) is 5.52 Å². The van der Waals surface area contributed by atoms with E-state index in [0.717, 1.165) is 4.47 Å². The van der Waals surface area contributed by atoms with Crippen LogP contribution in [-0.2, 0) is 0 Å². The molecule has 2 heterocycles. The minimum Gasteiger partial charge on any atom is -0.398 e. The standard InChI is InChI=1S/C13H10BrN5O/c14-10-5-8(1-2-11(10)15)18-13(20)9-6-17-19-4-3-16-7-12(9)19/h1-7H,15H2,(H,18,20). The third-order valence-electron chi connectivity index (χ3n) is 2.83. The maximum atomic E-state index is 12.2. The average Bonchev–Trinajstić information content (AvgIpc) is 2.87. The molecule has 20 heavy (non-hydrogen) atoms. The molecule has 0 aliphatic heterocycles. The molecule has 100 valence electrons. The van der Waals surface area contributed by atoms with E-state index >= 15 is 0 Å². The lowest BCUT2D eigenvalue weighted by molar-refractivity contribution is 0.102. The molecule has 3 aromatic rings. The van der Waals surface area contributed by atoms with Gasteiger partial charge in [0.1, 0.15) is 0 Å². The first-order chi connectivity index (χ1) is 9.65. The summed E-state index contributed by atoms with van der Waals surface area (Å²) in [5.41, 5.74) is 8.09. The van der Waals surface area contributed by atoms with E-state index in [0.29, 0.717) is 22.5 Å². The summed E-state index contributed by atoms with van der Waals surface area (Å²) in [6, 6.07) is 5.20. The van der Waals surface area contributed by atoms with Gasteiger partial charge in [-0.05, 0) is 34.1 Å². The lowest BCUT2D eigenvalue weighted by Crippen LogP contribution is -2.11. The lowest BCUT2D eigenvalue weighted by Gasteiger charge is -2.06. The number of nitrogens with zero attached hydrogens (tertiary/aromatic N) is 3. The Morgan fingerprint density at radius 2 is 2.20 bits per heavy atom. The number of halogens is 1. The van der Waals surface area contributed by atoms with Crippen molar-refractivity contribution in [1.29, 1.82) is 0 Å². The van der Waals surface area contributed by atoms with E-state index in [9.17, 15) is 4.79 Å². The predicted molar refractivity (Wildman–Crippen MR) is 79.5 cm³/mol. The minimum atomic E-state index is -0.246. The Kier molecular flexibility index (Phi) is 3.11. The Labute approximate surface area is 122 Å². The van der Waals surface area contributed by atoms with Crippen LogP contribution in [0.15, 0.2) is 47.5 Å². The SMILES string of the molecule is Nc1ccc(NC(=O)c2cnn3ccncc23)cc1Br. The number of anilines is 2. The fraction of sp³-hybridized carbons (Fsp3) is 0. The van der Waals surface area contributed by atoms with Crippen molar-refractivity contribution >= 4 is 38.7 Å². The molecule has 3 N–H and O–H groups in total. The van der Waals surface area contributed by atoms with Crippen LogP contribution in [0.3, 0.4) is 0 Å². The molecule has 0 unspecified atom stereocenters. The summed E-state index contributed by atoms with van der Waals surface area (Å²) >= 11 is 3.32. The van der Waals surface area contributed by atoms with Gasteiger partial charge in [-0.3, -0.25) is 9.78 Å². The van der Waals surface area contributed by atoms with Gasteiger partial charge in [0.15, 0.2) is 0 Å². The average molecular weight is 332 g/mol. The molecule has 2 aromatic heterocycles. The molecule has 1 aromatic carbocycles. The van der Waals surface area contributed by atoms with E-state index in [4.69, 9.17) is 5.73 Å². The number of aromatic nitrogens is 3. The summed E-state index contributed by atoms with van der Waals surface area (Å²) in [7, 11) is 0. The van der Waals surface area contributed by atoms with Gasteiger partial charge >= 0.3 is 0 Å². The van der Waals surface area contributed by atoms with Crippen LogP contribution in [0, 0.1) is 0 Å². The number of hydrogen-bond donors (Lipinski definition) is 2. The molecule has 0 bridgehead atoms. The quantitative estimate of drug-likeness (QED) is 0.705. The zero-order chi connectivity index (χ0) is 14.1. The lowest BCUT2D eigenvalue weighted by atomic mass is 10.2. The van der Waals surface area contributed by atoms with Crippen molar-refractivity contribution in [3.05, 3.63) is 53.0 Å². The van der Waals surface area contributed by atoms with E-state index in [2.05, 4.69) is 31.3 Å². The van der Waals surface area contributed by atoms with Crippen molar-refractivity contribution in [3.63, 3.8) is 0 Å². The second-order valence-corrected chi connectivity index (χ2v) is 5.01. The third kappa shape index (κ3) is 2.23. The first kappa shape index (κ1) is 12.6.